The van der Waals surface area contributed by atoms with Gasteiger partial charge >= 0.3 is 0 Å². The topological polar surface area (TPSA) is 30.2 Å². The van der Waals surface area contributed by atoms with Gasteiger partial charge in [0.05, 0.1) is 6.20 Å². The molecule has 15 heavy (non-hydrogen) atoms. The molecule has 2 aromatic rings. The van der Waals surface area contributed by atoms with Crippen molar-refractivity contribution in [2.75, 3.05) is 0 Å². The van der Waals surface area contributed by atoms with Crippen LogP contribution in [0.4, 0.5) is 0 Å². The van der Waals surface area contributed by atoms with Crippen molar-refractivity contribution in [2.45, 2.75) is 40.5 Å². The molecule has 3 nitrogen and oxygen atoms in total. The van der Waals surface area contributed by atoms with Crippen LogP contribution in [0.2, 0.25) is 0 Å². The normalized spacial score (nSPS) is 10.3. The summed E-state index contributed by atoms with van der Waals surface area (Å²) in [7, 11) is 0. The number of hydrogen-bond acceptors (Lipinski definition) is 2. The quantitative estimate of drug-likeness (QED) is 0.715. The van der Waals surface area contributed by atoms with E-state index in [1.165, 1.54) is 0 Å². The Morgan fingerprint density at radius 3 is 2.53 bits per heavy atom. The fraction of sp³-hybridized carbons (Fsp3) is 0.500. The molecule has 0 aromatic carbocycles. The van der Waals surface area contributed by atoms with Gasteiger partial charge in [0.15, 0.2) is 5.65 Å². The zero-order valence-corrected chi connectivity index (χ0v) is 10.2. The maximum atomic E-state index is 4.53. The van der Waals surface area contributed by atoms with Crippen molar-refractivity contribution < 1.29 is 0 Å². The van der Waals surface area contributed by atoms with E-state index in [0.29, 0.717) is 5.92 Å². The van der Waals surface area contributed by atoms with Gasteiger partial charge in [-0.3, -0.25) is 0 Å². The lowest BCUT2D eigenvalue weighted by Crippen LogP contribution is -1.97. The highest BCUT2D eigenvalue weighted by molar-refractivity contribution is 5.45. The highest BCUT2D eigenvalue weighted by Crippen LogP contribution is 2.13. The first-order valence-electron chi connectivity index (χ1n) is 5.49. The molecule has 0 atom stereocenters. The first-order chi connectivity index (χ1) is 7.18. The molecular weight excluding hydrogens is 186 g/mol. The van der Waals surface area contributed by atoms with Crippen LogP contribution in [0.25, 0.3) is 5.65 Å². The Kier molecular flexibility index (Phi) is 3.83. The fourth-order valence-corrected chi connectivity index (χ4v) is 1.32. The highest BCUT2D eigenvalue weighted by Gasteiger charge is 2.04. The molecule has 0 saturated carbocycles. The lowest BCUT2D eigenvalue weighted by Gasteiger charge is -2.03. The van der Waals surface area contributed by atoms with Crippen molar-refractivity contribution in [1.29, 1.82) is 0 Å². The van der Waals surface area contributed by atoms with Crippen LogP contribution in [-0.2, 0) is 0 Å². The lowest BCUT2D eigenvalue weighted by molar-refractivity contribution is 0.808. The number of aromatic nitrogens is 3. The summed E-state index contributed by atoms with van der Waals surface area (Å²) in [6.45, 7) is 10.3. The lowest BCUT2D eigenvalue weighted by atomic mass is 10.1. The average Bonchev–Trinajstić information content (AvgIpc) is 2.63. The fourth-order valence-electron chi connectivity index (χ4n) is 1.32. The molecule has 0 spiro atoms. The summed E-state index contributed by atoms with van der Waals surface area (Å²) >= 11 is 0. The number of nitrogens with zero attached hydrogens (tertiary/aromatic N) is 3. The molecule has 0 aliphatic heterocycles. The van der Waals surface area contributed by atoms with E-state index >= 15 is 0 Å². The van der Waals surface area contributed by atoms with Gasteiger partial charge in [0.1, 0.15) is 0 Å². The van der Waals surface area contributed by atoms with Crippen molar-refractivity contribution in [3.05, 3.63) is 29.7 Å². The number of aryl methyl sites for hydroxylation is 1. The van der Waals surface area contributed by atoms with E-state index in [2.05, 4.69) is 23.9 Å². The molecule has 0 N–H and O–H groups in total. The van der Waals surface area contributed by atoms with Gasteiger partial charge < -0.3 is 0 Å². The molecule has 0 fully saturated rings. The number of hydrogen-bond donors (Lipinski definition) is 0. The third kappa shape index (κ3) is 2.35. The van der Waals surface area contributed by atoms with E-state index in [1.807, 2.05) is 39.2 Å². The molecule has 0 unspecified atom stereocenters. The summed E-state index contributed by atoms with van der Waals surface area (Å²) in [6, 6.07) is 2.02. The predicted octanol–water partition coefficient (Wildman–Crippen LogP) is 3.19. The smallest absolute Gasteiger partial charge is 0.158 e. The molecule has 0 aliphatic carbocycles. The second-order valence-electron chi connectivity index (χ2n) is 3.60. The first kappa shape index (κ1) is 11.7. The van der Waals surface area contributed by atoms with Gasteiger partial charge in [-0.15, -0.1) is 0 Å². The maximum absolute atomic E-state index is 4.53. The van der Waals surface area contributed by atoms with E-state index in [4.69, 9.17) is 0 Å². The molecule has 2 rings (SSSR count). The Morgan fingerprint density at radius 1 is 1.27 bits per heavy atom. The number of fused-ring (bicyclic) bond motifs is 1. The molecule has 0 aliphatic rings. The molecule has 2 heterocycles. The molecule has 3 heteroatoms. The van der Waals surface area contributed by atoms with Crippen LogP contribution in [0.5, 0.6) is 0 Å². The standard InChI is InChI=1S/C10H13N3.C2H6/c1-7(2)9-4-5-13-10(12-9)8(3)6-11-13;1-2/h4-7H,1-3H3;1-2H3. The van der Waals surface area contributed by atoms with Crippen LogP contribution in [0.1, 0.15) is 44.9 Å². The Hall–Kier alpha value is -1.38. The third-order valence-corrected chi connectivity index (χ3v) is 2.16. The minimum absolute atomic E-state index is 0.472. The molecule has 2 aromatic heterocycles. The summed E-state index contributed by atoms with van der Waals surface area (Å²) < 4.78 is 1.81. The Morgan fingerprint density at radius 2 is 1.93 bits per heavy atom. The second kappa shape index (κ2) is 4.91. The van der Waals surface area contributed by atoms with E-state index < -0.39 is 0 Å². The molecular formula is C12H19N3. The largest absolute Gasteiger partial charge is 0.233 e. The van der Waals surface area contributed by atoms with Gasteiger partial charge in [-0.2, -0.15) is 5.10 Å². The zero-order valence-electron chi connectivity index (χ0n) is 10.2. The van der Waals surface area contributed by atoms with Crippen LogP contribution >= 0.6 is 0 Å². The van der Waals surface area contributed by atoms with E-state index in [0.717, 1.165) is 16.9 Å². The number of rotatable bonds is 1. The van der Waals surface area contributed by atoms with Gasteiger partial charge in [-0.25, -0.2) is 9.50 Å². The zero-order chi connectivity index (χ0) is 11.4. The first-order valence-corrected chi connectivity index (χ1v) is 5.49. The van der Waals surface area contributed by atoms with Crippen molar-refractivity contribution >= 4 is 5.65 Å². The third-order valence-electron chi connectivity index (χ3n) is 2.16. The van der Waals surface area contributed by atoms with E-state index in [1.54, 1.807) is 4.52 Å². The SMILES string of the molecule is CC.Cc1cnn2ccc(C(C)C)nc12. The summed E-state index contributed by atoms with van der Waals surface area (Å²) in [4.78, 5) is 4.53. The Labute approximate surface area is 91.2 Å². The van der Waals surface area contributed by atoms with Gasteiger partial charge in [-0.05, 0) is 18.9 Å². The van der Waals surface area contributed by atoms with Crippen molar-refractivity contribution in [1.82, 2.24) is 14.6 Å². The van der Waals surface area contributed by atoms with Gasteiger partial charge in [-0.1, -0.05) is 27.7 Å². The summed E-state index contributed by atoms with van der Waals surface area (Å²) in [6.07, 6.45) is 3.80. The highest BCUT2D eigenvalue weighted by atomic mass is 15.2. The van der Waals surface area contributed by atoms with Crippen LogP contribution < -0.4 is 0 Å². The van der Waals surface area contributed by atoms with Gasteiger partial charge in [0.2, 0.25) is 0 Å². The molecule has 82 valence electrons. The minimum Gasteiger partial charge on any atom is -0.233 e. The van der Waals surface area contributed by atoms with Crippen LogP contribution in [0.3, 0.4) is 0 Å². The second-order valence-corrected chi connectivity index (χ2v) is 3.60. The van der Waals surface area contributed by atoms with Gasteiger partial charge in [0, 0.05) is 17.5 Å². The average molecular weight is 205 g/mol. The summed E-state index contributed by atoms with van der Waals surface area (Å²) in [5, 5.41) is 4.17. The van der Waals surface area contributed by atoms with Crippen LogP contribution in [0, 0.1) is 6.92 Å². The van der Waals surface area contributed by atoms with Gasteiger partial charge in [0.25, 0.3) is 0 Å². The predicted molar refractivity (Wildman–Crippen MR) is 63.2 cm³/mol. The van der Waals surface area contributed by atoms with Crippen LogP contribution in [-0.4, -0.2) is 14.6 Å². The van der Waals surface area contributed by atoms with Crippen molar-refractivity contribution in [3.63, 3.8) is 0 Å². The van der Waals surface area contributed by atoms with Crippen molar-refractivity contribution in [2.24, 2.45) is 0 Å². The summed E-state index contributed by atoms with van der Waals surface area (Å²) in [5.74, 6) is 0.472. The summed E-state index contributed by atoms with van der Waals surface area (Å²) in [5.41, 5.74) is 3.21. The van der Waals surface area contributed by atoms with Crippen LogP contribution in [0.15, 0.2) is 18.5 Å². The van der Waals surface area contributed by atoms with E-state index in [9.17, 15) is 0 Å². The van der Waals surface area contributed by atoms with Crippen molar-refractivity contribution in [3.8, 4) is 0 Å². The molecule has 0 bridgehead atoms. The molecule has 0 amide bonds. The maximum Gasteiger partial charge on any atom is 0.158 e. The van der Waals surface area contributed by atoms with E-state index in [-0.39, 0.29) is 0 Å². The molecule has 0 saturated heterocycles. The minimum atomic E-state index is 0.472. The molecule has 0 radical (unpaired) electrons. The monoisotopic (exact) mass is 205 g/mol. The Balaban J connectivity index is 0.000000531. The Bertz CT molecular complexity index is 429.